The molecule has 0 heterocycles. The highest BCUT2D eigenvalue weighted by atomic mass is 16.5. The van der Waals surface area contributed by atoms with Gasteiger partial charge in [0, 0.05) is 11.6 Å². The van der Waals surface area contributed by atoms with Gasteiger partial charge in [-0.15, -0.1) is 0 Å². The Bertz CT molecular complexity index is 468. The number of ether oxygens (including phenoxy) is 1. The van der Waals surface area contributed by atoms with Gasteiger partial charge in [0.1, 0.15) is 0 Å². The Labute approximate surface area is 114 Å². The zero-order chi connectivity index (χ0) is 14.4. The van der Waals surface area contributed by atoms with Crippen LogP contribution in [0.15, 0.2) is 18.2 Å². The lowest BCUT2D eigenvalue weighted by Gasteiger charge is -2.14. The number of rotatable bonds is 5. The minimum absolute atomic E-state index is 0.00279. The van der Waals surface area contributed by atoms with Gasteiger partial charge in [-0.2, -0.15) is 0 Å². The molecule has 0 fully saturated rings. The first kappa shape index (κ1) is 15.2. The maximum atomic E-state index is 11.9. The summed E-state index contributed by atoms with van der Waals surface area (Å²) in [6, 6.07) is 5.18. The highest BCUT2D eigenvalue weighted by Gasteiger charge is 2.14. The van der Waals surface area contributed by atoms with Gasteiger partial charge in [0.25, 0.3) is 0 Å². The molecule has 4 heteroatoms. The average Bonchev–Trinajstić information content (AvgIpc) is 2.45. The summed E-state index contributed by atoms with van der Waals surface area (Å²) in [6.07, 6.45) is 1.54. The molecule has 104 valence electrons. The van der Waals surface area contributed by atoms with Gasteiger partial charge < -0.3 is 10.1 Å². The lowest BCUT2D eigenvalue weighted by atomic mass is 10.0. The third-order valence-electron chi connectivity index (χ3n) is 3.23. The maximum absolute atomic E-state index is 11.9. The van der Waals surface area contributed by atoms with Crippen molar-refractivity contribution in [1.29, 1.82) is 0 Å². The number of benzene rings is 1. The molecule has 0 aliphatic rings. The van der Waals surface area contributed by atoms with Crippen molar-refractivity contribution in [2.45, 2.75) is 33.6 Å². The molecule has 0 bridgehead atoms. The summed E-state index contributed by atoms with van der Waals surface area (Å²) < 4.78 is 4.69. The number of hydrogen-bond donors (Lipinski definition) is 1. The van der Waals surface area contributed by atoms with Crippen LogP contribution in [0.25, 0.3) is 0 Å². The standard InChI is InChI=1S/C15H21NO3/c1-5-10(3)14(17)16-13-8-7-12(15(18)19-4)9-11(13)6-2/h7-10H,5-6H2,1-4H3,(H,16,17). The molecule has 19 heavy (non-hydrogen) atoms. The van der Waals surface area contributed by atoms with Gasteiger partial charge in [0.05, 0.1) is 12.7 Å². The maximum Gasteiger partial charge on any atom is 0.337 e. The summed E-state index contributed by atoms with van der Waals surface area (Å²) >= 11 is 0. The third-order valence-corrected chi connectivity index (χ3v) is 3.23. The Morgan fingerprint density at radius 3 is 2.53 bits per heavy atom. The van der Waals surface area contributed by atoms with E-state index in [9.17, 15) is 9.59 Å². The average molecular weight is 263 g/mol. The van der Waals surface area contributed by atoms with Crippen LogP contribution in [-0.2, 0) is 16.0 Å². The number of aryl methyl sites for hydroxylation is 1. The van der Waals surface area contributed by atoms with Gasteiger partial charge in [0.15, 0.2) is 0 Å². The van der Waals surface area contributed by atoms with Crippen molar-refractivity contribution in [1.82, 2.24) is 0 Å². The second-order valence-corrected chi connectivity index (χ2v) is 4.52. The van der Waals surface area contributed by atoms with E-state index in [1.54, 1.807) is 18.2 Å². The minimum Gasteiger partial charge on any atom is -0.465 e. The van der Waals surface area contributed by atoms with Crippen LogP contribution in [0.4, 0.5) is 5.69 Å². The van der Waals surface area contributed by atoms with Crippen LogP contribution in [0, 0.1) is 5.92 Å². The summed E-state index contributed by atoms with van der Waals surface area (Å²) in [5, 5.41) is 2.91. The smallest absolute Gasteiger partial charge is 0.337 e. The van der Waals surface area contributed by atoms with E-state index in [1.807, 2.05) is 20.8 Å². The van der Waals surface area contributed by atoms with Crippen molar-refractivity contribution in [2.75, 3.05) is 12.4 Å². The van der Waals surface area contributed by atoms with Crippen molar-refractivity contribution < 1.29 is 14.3 Å². The van der Waals surface area contributed by atoms with E-state index in [-0.39, 0.29) is 17.8 Å². The van der Waals surface area contributed by atoms with Gasteiger partial charge >= 0.3 is 5.97 Å². The normalized spacial score (nSPS) is 11.8. The van der Waals surface area contributed by atoms with Gasteiger partial charge in [-0.1, -0.05) is 20.8 Å². The fourth-order valence-electron chi connectivity index (χ4n) is 1.69. The topological polar surface area (TPSA) is 55.4 Å². The summed E-state index contributed by atoms with van der Waals surface area (Å²) in [7, 11) is 1.35. The molecule has 0 radical (unpaired) electrons. The van der Waals surface area contributed by atoms with Crippen LogP contribution in [0.3, 0.4) is 0 Å². The van der Waals surface area contributed by atoms with Crippen LogP contribution in [0.1, 0.15) is 43.1 Å². The van der Waals surface area contributed by atoms with Crippen LogP contribution in [0.5, 0.6) is 0 Å². The molecular formula is C15H21NO3. The van der Waals surface area contributed by atoms with Crippen LogP contribution in [0.2, 0.25) is 0 Å². The van der Waals surface area contributed by atoms with Gasteiger partial charge in [-0.05, 0) is 36.6 Å². The van der Waals surface area contributed by atoms with Crippen molar-refractivity contribution in [3.8, 4) is 0 Å². The van der Waals surface area contributed by atoms with Gasteiger partial charge in [0.2, 0.25) is 5.91 Å². The molecule has 0 spiro atoms. The SMILES string of the molecule is CCc1cc(C(=O)OC)ccc1NC(=O)C(C)CC. The molecule has 1 aromatic carbocycles. The second-order valence-electron chi connectivity index (χ2n) is 4.52. The molecule has 0 saturated carbocycles. The van der Waals surface area contributed by atoms with Crippen LogP contribution >= 0.6 is 0 Å². The molecule has 0 aliphatic carbocycles. The predicted octanol–water partition coefficient (Wildman–Crippen LogP) is 3.02. The zero-order valence-corrected chi connectivity index (χ0v) is 11.9. The summed E-state index contributed by atoms with van der Waals surface area (Å²) in [6.45, 7) is 5.85. The first-order valence-corrected chi connectivity index (χ1v) is 6.55. The van der Waals surface area contributed by atoms with Crippen LogP contribution < -0.4 is 5.32 Å². The molecule has 1 unspecified atom stereocenters. The van der Waals surface area contributed by atoms with E-state index in [2.05, 4.69) is 10.1 Å². The Morgan fingerprint density at radius 1 is 1.32 bits per heavy atom. The number of hydrogen-bond acceptors (Lipinski definition) is 3. The van der Waals surface area contributed by atoms with Gasteiger partial charge in [-0.25, -0.2) is 4.79 Å². The molecule has 4 nitrogen and oxygen atoms in total. The fraction of sp³-hybridized carbons (Fsp3) is 0.467. The number of carbonyl (C=O) groups excluding carboxylic acids is 2. The second kappa shape index (κ2) is 6.92. The molecule has 1 atom stereocenters. The quantitative estimate of drug-likeness (QED) is 0.831. The minimum atomic E-state index is -0.366. The zero-order valence-electron chi connectivity index (χ0n) is 11.9. The first-order valence-electron chi connectivity index (χ1n) is 6.55. The molecule has 1 amide bonds. The lowest BCUT2D eigenvalue weighted by molar-refractivity contribution is -0.119. The molecular weight excluding hydrogens is 242 g/mol. The summed E-state index contributed by atoms with van der Waals surface area (Å²) in [5.41, 5.74) is 2.20. The molecule has 1 N–H and O–H groups in total. The molecule has 0 aliphatic heterocycles. The van der Waals surface area contributed by atoms with Crippen molar-refractivity contribution in [2.24, 2.45) is 5.92 Å². The Morgan fingerprint density at radius 2 is 2.00 bits per heavy atom. The fourth-order valence-corrected chi connectivity index (χ4v) is 1.69. The van der Waals surface area contributed by atoms with Crippen molar-refractivity contribution in [3.63, 3.8) is 0 Å². The molecule has 0 saturated heterocycles. The van der Waals surface area contributed by atoms with E-state index in [1.165, 1.54) is 7.11 Å². The van der Waals surface area contributed by atoms with E-state index in [4.69, 9.17) is 0 Å². The van der Waals surface area contributed by atoms with Crippen molar-refractivity contribution >= 4 is 17.6 Å². The van der Waals surface area contributed by atoms with E-state index >= 15 is 0 Å². The molecule has 0 aromatic heterocycles. The summed E-state index contributed by atoms with van der Waals surface area (Å²) in [4.78, 5) is 23.3. The number of anilines is 1. The van der Waals surface area contributed by atoms with Gasteiger partial charge in [-0.3, -0.25) is 4.79 Å². The number of nitrogens with one attached hydrogen (secondary N) is 1. The van der Waals surface area contributed by atoms with E-state index < -0.39 is 0 Å². The number of esters is 1. The predicted molar refractivity (Wildman–Crippen MR) is 75.2 cm³/mol. The van der Waals surface area contributed by atoms with Crippen molar-refractivity contribution in [3.05, 3.63) is 29.3 Å². The molecule has 1 rings (SSSR count). The number of amides is 1. The largest absolute Gasteiger partial charge is 0.465 e. The Kier molecular flexibility index (Phi) is 5.55. The third kappa shape index (κ3) is 3.81. The van der Waals surface area contributed by atoms with Crippen LogP contribution in [-0.4, -0.2) is 19.0 Å². The molecule has 1 aromatic rings. The Hall–Kier alpha value is -1.84. The first-order chi connectivity index (χ1) is 9.03. The number of carbonyl (C=O) groups is 2. The highest BCUT2D eigenvalue weighted by Crippen LogP contribution is 2.20. The monoisotopic (exact) mass is 263 g/mol. The highest BCUT2D eigenvalue weighted by molar-refractivity contribution is 5.95. The Balaban J connectivity index is 2.96. The van der Waals surface area contributed by atoms with E-state index in [0.29, 0.717) is 5.56 Å². The number of methoxy groups -OCH3 is 1. The summed E-state index contributed by atoms with van der Waals surface area (Å²) in [5.74, 6) is -0.387. The van der Waals surface area contributed by atoms with E-state index in [0.717, 1.165) is 24.1 Å². The lowest BCUT2D eigenvalue weighted by Crippen LogP contribution is -2.20.